The summed E-state index contributed by atoms with van der Waals surface area (Å²) in [5, 5.41) is 12.8. The van der Waals surface area contributed by atoms with Crippen molar-refractivity contribution in [3.63, 3.8) is 0 Å². The molecule has 72 valence electrons. The zero-order chi connectivity index (χ0) is 10.3. The van der Waals surface area contributed by atoms with Crippen molar-refractivity contribution in [1.29, 1.82) is 0 Å². The highest BCUT2D eigenvalue weighted by molar-refractivity contribution is 9.10. The lowest BCUT2D eigenvalue weighted by molar-refractivity contribution is -0.382. The molecule has 1 aromatic heterocycles. The highest BCUT2D eigenvalue weighted by atomic mass is 79.9. The summed E-state index contributed by atoms with van der Waals surface area (Å²) in [5.41, 5.74) is 6.26. The molecule has 0 spiro atoms. The number of nitrogens with zero attached hydrogens (tertiary/aromatic N) is 1. The summed E-state index contributed by atoms with van der Waals surface area (Å²) < 4.78 is 1.46. The number of halogens is 1. The van der Waals surface area contributed by atoms with Crippen LogP contribution in [0.2, 0.25) is 0 Å². The van der Waals surface area contributed by atoms with Crippen LogP contribution in [0.5, 0.6) is 0 Å². The number of anilines is 1. The van der Waals surface area contributed by atoms with Crippen LogP contribution in [-0.4, -0.2) is 4.92 Å². The minimum absolute atomic E-state index is 0.101. The summed E-state index contributed by atoms with van der Waals surface area (Å²) in [4.78, 5) is 10.3. The largest absolute Gasteiger partial charge is 0.398 e. The second-order valence-corrected chi connectivity index (χ2v) is 4.42. The fourth-order valence-corrected chi connectivity index (χ4v) is 2.82. The monoisotopic (exact) mass is 272 g/mol. The lowest BCUT2D eigenvalue weighted by Crippen LogP contribution is -1.89. The van der Waals surface area contributed by atoms with E-state index in [4.69, 9.17) is 5.73 Å². The SMILES string of the molecule is Nc1ccc2scc([N+](=O)[O-])c2c1Br. The molecular weight excluding hydrogens is 268 g/mol. The van der Waals surface area contributed by atoms with Gasteiger partial charge >= 0.3 is 0 Å². The first kappa shape index (κ1) is 9.42. The van der Waals surface area contributed by atoms with E-state index in [-0.39, 0.29) is 5.69 Å². The smallest absolute Gasteiger partial charge is 0.289 e. The number of nitrogen functional groups attached to an aromatic ring is 1. The Hall–Kier alpha value is -1.14. The molecule has 0 amide bonds. The molecule has 2 N–H and O–H groups in total. The van der Waals surface area contributed by atoms with Gasteiger partial charge < -0.3 is 5.73 Å². The molecule has 2 aromatic rings. The van der Waals surface area contributed by atoms with Gasteiger partial charge in [0.25, 0.3) is 5.69 Å². The number of rotatable bonds is 1. The van der Waals surface area contributed by atoms with Gasteiger partial charge in [0.1, 0.15) is 0 Å². The van der Waals surface area contributed by atoms with Crippen molar-refractivity contribution in [2.75, 3.05) is 5.73 Å². The quantitative estimate of drug-likeness (QED) is 0.493. The lowest BCUT2D eigenvalue weighted by atomic mass is 10.2. The molecule has 0 bridgehead atoms. The maximum absolute atomic E-state index is 10.7. The van der Waals surface area contributed by atoms with Gasteiger partial charge in [-0.2, -0.15) is 0 Å². The zero-order valence-electron chi connectivity index (χ0n) is 6.86. The van der Waals surface area contributed by atoms with Crippen LogP contribution < -0.4 is 5.73 Å². The minimum Gasteiger partial charge on any atom is -0.398 e. The van der Waals surface area contributed by atoms with E-state index in [1.807, 2.05) is 0 Å². The molecule has 4 nitrogen and oxygen atoms in total. The Morgan fingerprint density at radius 1 is 1.50 bits per heavy atom. The molecule has 0 atom stereocenters. The molecule has 1 aromatic carbocycles. The maximum atomic E-state index is 10.7. The molecule has 6 heteroatoms. The molecule has 0 aliphatic rings. The van der Waals surface area contributed by atoms with E-state index >= 15 is 0 Å². The van der Waals surface area contributed by atoms with E-state index in [9.17, 15) is 10.1 Å². The van der Waals surface area contributed by atoms with Crippen LogP contribution in [0.1, 0.15) is 0 Å². The molecule has 1 heterocycles. The number of thiophene rings is 1. The van der Waals surface area contributed by atoms with Crippen LogP contribution in [0.4, 0.5) is 11.4 Å². The van der Waals surface area contributed by atoms with E-state index in [0.29, 0.717) is 15.5 Å². The van der Waals surface area contributed by atoms with Crippen LogP contribution in [-0.2, 0) is 0 Å². The van der Waals surface area contributed by atoms with Crippen LogP contribution in [0.15, 0.2) is 22.0 Å². The standard InChI is InChI=1S/C8H5BrN2O2S/c9-8-4(10)1-2-6-7(8)5(3-14-6)11(12)13/h1-3H,10H2. The molecule has 0 aliphatic carbocycles. The summed E-state index contributed by atoms with van der Waals surface area (Å²) in [7, 11) is 0. The first-order valence-electron chi connectivity index (χ1n) is 3.71. The van der Waals surface area contributed by atoms with Crippen molar-refractivity contribution in [3.8, 4) is 0 Å². The van der Waals surface area contributed by atoms with Crippen molar-refractivity contribution in [2.45, 2.75) is 0 Å². The predicted molar refractivity (Wildman–Crippen MR) is 60.6 cm³/mol. The minimum atomic E-state index is -0.400. The normalized spacial score (nSPS) is 10.6. The molecule has 0 aliphatic heterocycles. The summed E-state index contributed by atoms with van der Waals surface area (Å²) in [6, 6.07) is 3.51. The third kappa shape index (κ3) is 1.27. The Bertz CT molecular complexity index is 523. The second-order valence-electron chi connectivity index (χ2n) is 2.72. The summed E-state index contributed by atoms with van der Waals surface area (Å²) in [6.07, 6.45) is 0. The van der Waals surface area contributed by atoms with Crippen molar-refractivity contribution in [3.05, 3.63) is 32.1 Å². The van der Waals surface area contributed by atoms with E-state index in [1.54, 1.807) is 12.1 Å². The molecule has 2 rings (SSSR count). The molecule has 0 radical (unpaired) electrons. The van der Waals surface area contributed by atoms with Crippen LogP contribution >= 0.6 is 27.3 Å². The van der Waals surface area contributed by atoms with E-state index in [2.05, 4.69) is 15.9 Å². The molecular formula is C8H5BrN2O2S. The second kappa shape index (κ2) is 3.21. The highest BCUT2D eigenvalue weighted by Gasteiger charge is 2.17. The third-order valence-corrected chi connectivity index (χ3v) is 3.67. The fraction of sp³-hybridized carbons (Fsp3) is 0. The van der Waals surface area contributed by atoms with Gasteiger partial charge in [-0.3, -0.25) is 10.1 Å². The van der Waals surface area contributed by atoms with Crippen molar-refractivity contribution in [2.24, 2.45) is 0 Å². The Labute approximate surface area is 91.6 Å². The lowest BCUT2D eigenvalue weighted by Gasteiger charge is -1.98. The fourth-order valence-electron chi connectivity index (χ4n) is 1.22. The van der Waals surface area contributed by atoms with E-state index in [0.717, 1.165) is 4.70 Å². The van der Waals surface area contributed by atoms with Crippen LogP contribution in [0.3, 0.4) is 0 Å². The van der Waals surface area contributed by atoms with Gasteiger partial charge in [0.2, 0.25) is 0 Å². The average molecular weight is 273 g/mol. The van der Waals surface area contributed by atoms with Gasteiger partial charge in [-0.25, -0.2) is 0 Å². The van der Waals surface area contributed by atoms with Crippen molar-refractivity contribution in [1.82, 2.24) is 0 Å². The maximum Gasteiger partial charge on any atom is 0.289 e. The predicted octanol–water partition coefficient (Wildman–Crippen LogP) is 3.15. The third-order valence-electron chi connectivity index (χ3n) is 1.88. The Morgan fingerprint density at radius 3 is 2.86 bits per heavy atom. The molecule has 0 saturated heterocycles. The summed E-state index contributed by atoms with van der Waals surface area (Å²) >= 11 is 4.59. The van der Waals surface area contributed by atoms with Crippen molar-refractivity contribution >= 4 is 48.7 Å². The summed E-state index contributed by atoms with van der Waals surface area (Å²) in [5.74, 6) is 0. The molecule has 0 unspecified atom stereocenters. The van der Waals surface area contributed by atoms with Gasteiger partial charge in [-0.1, -0.05) is 0 Å². The van der Waals surface area contributed by atoms with Gasteiger partial charge in [0, 0.05) is 10.4 Å². The van der Waals surface area contributed by atoms with Gasteiger partial charge in [-0.05, 0) is 28.1 Å². The molecule has 14 heavy (non-hydrogen) atoms. The first-order valence-corrected chi connectivity index (χ1v) is 5.38. The average Bonchev–Trinajstić information content (AvgIpc) is 2.55. The van der Waals surface area contributed by atoms with Crippen molar-refractivity contribution < 1.29 is 4.92 Å². The Morgan fingerprint density at radius 2 is 2.21 bits per heavy atom. The van der Waals surface area contributed by atoms with Gasteiger partial charge in [-0.15, -0.1) is 11.3 Å². The van der Waals surface area contributed by atoms with Gasteiger partial charge in [0.15, 0.2) is 0 Å². The van der Waals surface area contributed by atoms with E-state index in [1.165, 1.54) is 16.7 Å². The number of hydrogen-bond donors (Lipinski definition) is 1. The highest BCUT2D eigenvalue weighted by Crippen LogP contribution is 2.39. The number of nitro groups is 1. The zero-order valence-corrected chi connectivity index (χ0v) is 9.26. The van der Waals surface area contributed by atoms with Crippen LogP contribution in [0, 0.1) is 10.1 Å². The first-order chi connectivity index (χ1) is 6.61. The number of hydrogen-bond acceptors (Lipinski definition) is 4. The topological polar surface area (TPSA) is 69.2 Å². The Balaban J connectivity index is 2.89. The number of benzene rings is 1. The molecule has 0 saturated carbocycles. The number of nitrogens with two attached hydrogens (primary N) is 1. The van der Waals surface area contributed by atoms with Crippen LogP contribution in [0.25, 0.3) is 10.1 Å². The summed E-state index contributed by atoms with van der Waals surface area (Å²) in [6.45, 7) is 0. The van der Waals surface area contributed by atoms with Gasteiger partial charge in [0.05, 0.1) is 20.2 Å². The Kier molecular flexibility index (Phi) is 2.16. The molecule has 0 fully saturated rings. The van der Waals surface area contributed by atoms with E-state index < -0.39 is 4.92 Å². The number of fused-ring (bicyclic) bond motifs is 1.